The van der Waals surface area contributed by atoms with Gasteiger partial charge < -0.3 is 10.4 Å². The molecule has 0 aliphatic heterocycles. The average molecular weight is 369 g/mol. The van der Waals surface area contributed by atoms with Gasteiger partial charge in [-0.25, -0.2) is 0 Å². The van der Waals surface area contributed by atoms with Crippen LogP contribution in [0.15, 0.2) is 53.0 Å². The number of amides is 1. The van der Waals surface area contributed by atoms with Gasteiger partial charge in [-0.3, -0.25) is 4.79 Å². The summed E-state index contributed by atoms with van der Waals surface area (Å²) in [4.78, 5) is 12.2. The van der Waals surface area contributed by atoms with Crippen molar-refractivity contribution in [3.05, 3.63) is 69.2 Å². The van der Waals surface area contributed by atoms with Gasteiger partial charge in [0.1, 0.15) is 0 Å². The fourth-order valence-corrected chi connectivity index (χ4v) is 2.58. The molecule has 0 fully saturated rings. The molecule has 2 aromatic rings. The number of hydrogen-bond acceptors (Lipinski definition) is 2. The summed E-state index contributed by atoms with van der Waals surface area (Å²) in [6.07, 6.45) is 0.564. The second-order valence-corrected chi connectivity index (χ2v) is 5.88. The lowest BCUT2D eigenvalue weighted by atomic mass is 10.1. The largest absolute Gasteiger partial charge is 0.394 e. The molecule has 2 aromatic carbocycles. The Morgan fingerprint density at radius 1 is 1.19 bits per heavy atom. The number of carbonyl (C=O) groups is 1. The Balaban J connectivity index is 2.08. The van der Waals surface area contributed by atoms with E-state index in [1.54, 1.807) is 18.2 Å². The molecule has 1 amide bonds. The molecule has 21 heavy (non-hydrogen) atoms. The van der Waals surface area contributed by atoms with Crippen molar-refractivity contribution in [2.24, 2.45) is 0 Å². The summed E-state index contributed by atoms with van der Waals surface area (Å²) in [7, 11) is 0. The lowest BCUT2D eigenvalue weighted by molar-refractivity contribution is 0.0916. The van der Waals surface area contributed by atoms with E-state index in [9.17, 15) is 9.90 Å². The van der Waals surface area contributed by atoms with Gasteiger partial charge in [-0.1, -0.05) is 48.0 Å². The Kier molecular flexibility index (Phi) is 5.79. The fraction of sp³-hybridized carbons (Fsp3) is 0.188. The maximum Gasteiger partial charge on any atom is 0.253 e. The highest BCUT2D eigenvalue weighted by Gasteiger charge is 2.16. The van der Waals surface area contributed by atoms with Gasteiger partial charge >= 0.3 is 0 Å². The van der Waals surface area contributed by atoms with E-state index in [1.807, 2.05) is 30.3 Å². The predicted molar refractivity (Wildman–Crippen MR) is 87.6 cm³/mol. The summed E-state index contributed by atoms with van der Waals surface area (Å²) < 4.78 is 0.667. The second-order valence-electron chi connectivity index (χ2n) is 4.64. The zero-order chi connectivity index (χ0) is 15.2. The normalized spacial score (nSPS) is 12.0. The number of rotatable bonds is 5. The van der Waals surface area contributed by atoms with Gasteiger partial charge in [-0.15, -0.1) is 0 Å². The van der Waals surface area contributed by atoms with E-state index in [-0.39, 0.29) is 18.6 Å². The molecule has 0 spiro atoms. The zero-order valence-corrected chi connectivity index (χ0v) is 13.6. The highest BCUT2D eigenvalue weighted by atomic mass is 79.9. The average Bonchev–Trinajstić information content (AvgIpc) is 2.50. The molecule has 0 bridgehead atoms. The monoisotopic (exact) mass is 367 g/mol. The van der Waals surface area contributed by atoms with Crippen LogP contribution in [0.3, 0.4) is 0 Å². The van der Waals surface area contributed by atoms with Crippen LogP contribution in [0.4, 0.5) is 0 Å². The molecule has 1 atom stereocenters. The maximum absolute atomic E-state index is 12.2. The van der Waals surface area contributed by atoms with Crippen molar-refractivity contribution in [2.45, 2.75) is 12.5 Å². The molecule has 2 N–H and O–H groups in total. The Morgan fingerprint density at radius 3 is 2.57 bits per heavy atom. The zero-order valence-electron chi connectivity index (χ0n) is 11.2. The number of aliphatic hydroxyl groups is 1. The highest BCUT2D eigenvalue weighted by molar-refractivity contribution is 9.10. The Morgan fingerprint density at radius 2 is 1.90 bits per heavy atom. The molecule has 2 rings (SSSR count). The fourth-order valence-electron chi connectivity index (χ4n) is 2.00. The molecule has 110 valence electrons. The van der Waals surface area contributed by atoms with Crippen LogP contribution >= 0.6 is 27.5 Å². The molecule has 0 unspecified atom stereocenters. The highest BCUT2D eigenvalue weighted by Crippen LogP contribution is 2.25. The molecule has 0 aliphatic carbocycles. The minimum absolute atomic E-state index is 0.133. The van der Waals surface area contributed by atoms with Gasteiger partial charge in [0.2, 0.25) is 0 Å². The molecule has 0 heterocycles. The minimum atomic E-state index is -0.352. The molecule has 0 saturated heterocycles. The first-order chi connectivity index (χ1) is 10.1. The number of halogens is 2. The van der Waals surface area contributed by atoms with Gasteiger partial charge in [0, 0.05) is 4.47 Å². The summed E-state index contributed by atoms with van der Waals surface area (Å²) >= 11 is 9.39. The number of carbonyl (C=O) groups excluding carboxylic acids is 1. The third-order valence-corrected chi connectivity index (χ3v) is 4.37. The summed E-state index contributed by atoms with van der Waals surface area (Å²) in [5.41, 5.74) is 1.44. The first-order valence-corrected chi connectivity index (χ1v) is 7.68. The maximum atomic E-state index is 12.2. The van der Waals surface area contributed by atoms with E-state index in [0.717, 1.165) is 5.56 Å². The third-order valence-electron chi connectivity index (χ3n) is 3.08. The van der Waals surface area contributed by atoms with Crippen LogP contribution in [0.25, 0.3) is 0 Å². The molecule has 0 radical (unpaired) electrons. The number of aliphatic hydroxyl groups excluding tert-OH is 1. The van der Waals surface area contributed by atoms with Crippen LogP contribution in [0.1, 0.15) is 15.9 Å². The van der Waals surface area contributed by atoms with E-state index in [0.29, 0.717) is 21.5 Å². The van der Waals surface area contributed by atoms with Crippen molar-refractivity contribution in [3.8, 4) is 0 Å². The second kappa shape index (κ2) is 7.59. The molecular formula is C16H15BrClNO2. The van der Waals surface area contributed by atoms with Crippen LogP contribution in [-0.2, 0) is 6.42 Å². The van der Waals surface area contributed by atoms with E-state index < -0.39 is 0 Å². The minimum Gasteiger partial charge on any atom is -0.394 e. The predicted octanol–water partition coefficient (Wildman–Crippen LogP) is 3.44. The van der Waals surface area contributed by atoms with Crippen molar-refractivity contribution in [2.75, 3.05) is 6.61 Å². The Hall–Kier alpha value is -1.36. The first-order valence-electron chi connectivity index (χ1n) is 6.51. The lowest BCUT2D eigenvalue weighted by Gasteiger charge is -2.17. The molecule has 5 heteroatoms. The van der Waals surface area contributed by atoms with Gasteiger partial charge in [0.25, 0.3) is 5.91 Å². The number of nitrogens with one attached hydrogen (secondary N) is 1. The van der Waals surface area contributed by atoms with Crippen molar-refractivity contribution >= 4 is 33.4 Å². The molecule has 3 nitrogen and oxygen atoms in total. The topological polar surface area (TPSA) is 49.3 Å². The van der Waals surface area contributed by atoms with Crippen molar-refractivity contribution in [1.29, 1.82) is 0 Å². The van der Waals surface area contributed by atoms with Crippen LogP contribution in [0.2, 0.25) is 5.02 Å². The molecular weight excluding hydrogens is 354 g/mol. The van der Waals surface area contributed by atoms with Gasteiger partial charge in [-0.05, 0) is 40.0 Å². The van der Waals surface area contributed by atoms with Crippen molar-refractivity contribution in [1.82, 2.24) is 5.32 Å². The van der Waals surface area contributed by atoms with E-state index in [1.165, 1.54) is 0 Å². The van der Waals surface area contributed by atoms with E-state index in [2.05, 4.69) is 21.2 Å². The van der Waals surface area contributed by atoms with Gasteiger partial charge in [-0.2, -0.15) is 0 Å². The van der Waals surface area contributed by atoms with E-state index in [4.69, 9.17) is 11.6 Å². The summed E-state index contributed by atoms with van der Waals surface area (Å²) in [5.74, 6) is -0.295. The van der Waals surface area contributed by atoms with Crippen molar-refractivity contribution in [3.63, 3.8) is 0 Å². The summed E-state index contributed by atoms with van der Waals surface area (Å²) in [6.45, 7) is -0.133. The van der Waals surface area contributed by atoms with Crippen molar-refractivity contribution < 1.29 is 9.90 Å². The summed E-state index contributed by atoms with van der Waals surface area (Å²) in [5, 5.41) is 12.6. The van der Waals surface area contributed by atoms with Gasteiger partial charge in [0.05, 0.1) is 23.2 Å². The first kappa shape index (κ1) is 16.0. The quantitative estimate of drug-likeness (QED) is 0.849. The number of benzene rings is 2. The standard InChI is InChI=1S/C16H15BrClNO2/c17-14-8-4-7-13(15(14)18)16(21)19-12(10-20)9-11-5-2-1-3-6-11/h1-8,12,20H,9-10H2,(H,19,21)/t12-/m1/s1. The van der Waals surface area contributed by atoms with E-state index >= 15 is 0 Å². The van der Waals surface area contributed by atoms with Crippen LogP contribution in [0, 0.1) is 0 Å². The molecule has 0 aromatic heterocycles. The molecule has 0 aliphatic rings. The number of hydrogen-bond donors (Lipinski definition) is 2. The van der Waals surface area contributed by atoms with Crippen LogP contribution in [-0.4, -0.2) is 23.7 Å². The SMILES string of the molecule is O=C(N[C@@H](CO)Cc1ccccc1)c1cccc(Br)c1Cl. The van der Waals surface area contributed by atoms with Crippen LogP contribution in [0.5, 0.6) is 0 Å². The third kappa shape index (κ3) is 4.30. The molecule has 0 saturated carbocycles. The lowest BCUT2D eigenvalue weighted by Crippen LogP contribution is -2.39. The van der Waals surface area contributed by atoms with Gasteiger partial charge in [0.15, 0.2) is 0 Å². The summed E-state index contributed by atoms with van der Waals surface area (Å²) in [6, 6.07) is 14.5. The Bertz CT molecular complexity index is 619. The smallest absolute Gasteiger partial charge is 0.253 e. The Labute approximate surface area is 137 Å². The van der Waals surface area contributed by atoms with Crippen LogP contribution < -0.4 is 5.32 Å².